The maximum absolute atomic E-state index is 14.0. The number of aromatic hydroxyl groups is 1. The average molecular weight is 403 g/mol. The van der Waals surface area contributed by atoms with Crippen molar-refractivity contribution < 1.29 is 19.4 Å². The zero-order chi connectivity index (χ0) is 21.3. The van der Waals surface area contributed by atoms with E-state index >= 15 is 0 Å². The number of benzene rings is 3. The van der Waals surface area contributed by atoms with Gasteiger partial charge in [0, 0.05) is 18.3 Å². The molecule has 0 spiro atoms. The first-order valence-corrected chi connectivity index (χ1v) is 9.75. The molecule has 3 aromatic rings. The summed E-state index contributed by atoms with van der Waals surface area (Å²) in [5.41, 5.74) is 4.06. The quantitative estimate of drug-likeness (QED) is 0.605. The molecule has 0 amide bonds. The number of carboxylic acids is 1. The van der Waals surface area contributed by atoms with Crippen molar-refractivity contribution in [2.24, 2.45) is 0 Å². The van der Waals surface area contributed by atoms with Gasteiger partial charge in [0.05, 0.1) is 5.54 Å². The molecule has 0 aromatic heterocycles. The minimum atomic E-state index is -0.996. The van der Waals surface area contributed by atoms with Gasteiger partial charge in [0.25, 0.3) is 0 Å². The molecule has 1 aliphatic rings. The Morgan fingerprint density at radius 1 is 1.10 bits per heavy atom. The monoisotopic (exact) mass is 403 g/mol. The Bertz CT molecular complexity index is 1120. The van der Waals surface area contributed by atoms with Crippen LogP contribution in [0.2, 0.25) is 0 Å². The van der Waals surface area contributed by atoms with E-state index in [1.165, 1.54) is 12.1 Å². The van der Waals surface area contributed by atoms with Crippen LogP contribution in [-0.4, -0.2) is 22.7 Å². The van der Waals surface area contributed by atoms with E-state index in [1.54, 1.807) is 24.3 Å². The number of rotatable bonds is 4. The molecule has 1 atom stereocenters. The molecule has 1 unspecified atom stereocenters. The summed E-state index contributed by atoms with van der Waals surface area (Å²) in [4.78, 5) is 13.0. The molecule has 0 saturated heterocycles. The van der Waals surface area contributed by atoms with Crippen molar-refractivity contribution in [2.45, 2.75) is 18.9 Å². The number of aliphatic carboxylic acids is 1. The summed E-state index contributed by atoms with van der Waals surface area (Å²) in [5, 5.41) is 18.8. The van der Waals surface area contributed by atoms with Crippen LogP contribution in [0.1, 0.15) is 29.2 Å². The van der Waals surface area contributed by atoms with Crippen LogP contribution in [-0.2, 0) is 16.8 Å². The SMILES string of the molecule is CC1(c2ccc(/C=C/C(=O)O)cc2)c2ccc(O)cc2CCN1c1cccc(F)c1. The second-order valence-corrected chi connectivity index (χ2v) is 7.59. The maximum Gasteiger partial charge on any atom is 0.328 e. The maximum atomic E-state index is 14.0. The van der Waals surface area contributed by atoms with E-state index in [0.717, 1.165) is 40.4 Å². The third-order valence-electron chi connectivity index (χ3n) is 5.77. The molecule has 0 bridgehead atoms. The summed E-state index contributed by atoms with van der Waals surface area (Å²) in [6, 6.07) is 19.6. The number of hydrogen-bond acceptors (Lipinski definition) is 3. The third-order valence-corrected chi connectivity index (χ3v) is 5.77. The Kier molecular flexibility index (Phi) is 5.04. The highest BCUT2D eigenvalue weighted by Gasteiger charge is 2.40. The minimum Gasteiger partial charge on any atom is -0.508 e. The van der Waals surface area contributed by atoms with Gasteiger partial charge in [0.15, 0.2) is 0 Å². The first kappa shape index (κ1) is 19.7. The van der Waals surface area contributed by atoms with E-state index in [0.29, 0.717) is 6.54 Å². The number of halogens is 1. The Balaban J connectivity index is 1.85. The van der Waals surface area contributed by atoms with Crippen LogP contribution < -0.4 is 4.90 Å². The van der Waals surface area contributed by atoms with Gasteiger partial charge >= 0.3 is 5.97 Å². The minimum absolute atomic E-state index is 0.226. The van der Waals surface area contributed by atoms with Crippen molar-refractivity contribution in [3.05, 3.63) is 101 Å². The summed E-state index contributed by atoms with van der Waals surface area (Å²) >= 11 is 0. The number of carboxylic acid groups (broad SMARTS) is 1. The van der Waals surface area contributed by atoms with Crippen LogP contribution >= 0.6 is 0 Å². The lowest BCUT2D eigenvalue weighted by molar-refractivity contribution is -0.131. The van der Waals surface area contributed by atoms with Gasteiger partial charge in [-0.3, -0.25) is 0 Å². The van der Waals surface area contributed by atoms with Crippen LogP contribution in [0, 0.1) is 5.82 Å². The summed E-state index contributed by atoms with van der Waals surface area (Å²) in [6.07, 6.45) is 3.38. The number of fused-ring (bicyclic) bond motifs is 1. The fraction of sp³-hybridized carbons (Fsp3) is 0.160. The number of phenolic OH excluding ortho intramolecular Hbond substituents is 1. The Morgan fingerprint density at radius 2 is 1.87 bits per heavy atom. The van der Waals surface area contributed by atoms with Crippen LogP contribution in [0.15, 0.2) is 72.8 Å². The smallest absolute Gasteiger partial charge is 0.328 e. The number of carbonyl (C=O) groups is 1. The van der Waals surface area contributed by atoms with Crippen molar-refractivity contribution in [2.75, 3.05) is 11.4 Å². The molecule has 4 rings (SSSR count). The second kappa shape index (κ2) is 7.67. The lowest BCUT2D eigenvalue weighted by atomic mass is 9.76. The molecule has 0 saturated carbocycles. The Morgan fingerprint density at radius 3 is 2.57 bits per heavy atom. The van der Waals surface area contributed by atoms with Gasteiger partial charge in [-0.1, -0.05) is 36.4 Å². The molecule has 152 valence electrons. The van der Waals surface area contributed by atoms with E-state index in [2.05, 4.69) is 11.8 Å². The van der Waals surface area contributed by atoms with Gasteiger partial charge in [-0.25, -0.2) is 9.18 Å². The highest BCUT2D eigenvalue weighted by molar-refractivity contribution is 5.85. The van der Waals surface area contributed by atoms with Gasteiger partial charge in [0.1, 0.15) is 11.6 Å². The van der Waals surface area contributed by atoms with Crippen LogP contribution in [0.3, 0.4) is 0 Å². The molecule has 0 radical (unpaired) electrons. The number of hydrogen-bond donors (Lipinski definition) is 2. The molecule has 4 nitrogen and oxygen atoms in total. The third kappa shape index (κ3) is 3.54. The lowest BCUT2D eigenvalue weighted by Gasteiger charge is -2.48. The van der Waals surface area contributed by atoms with E-state index < -0.39 is 11.5 Å². The van der Waals surface area contributed by atoms with Crippen molar-refractivity contribution in [3.63, 3.8) is 0 Å². The summed E-state index contributed by atoms with van der Waals surface area (Å²) in [6.45, 7) is 2.76. The summed E-state index contributed by atoms with van der Waals surface area (Å²) < 4.78 is 14.0. The fourth-order valence-electron chi connectivity index (χ4n) is 4.29. The summed E-state index contributed by atoms with van der Waals surface area (Å²) in [7, 11) is 0. The molecule has 30 heavy (non-hydrogen) atoms. The van der Waals surface area contributed by atoms with Gasteiger partial charge in [0.2, 0.25) is 0 Å². The molecule has 5 heteroatoms. The van der Waals surface area contributed by atoms with E-state index in [-0.39, 0.29) is 11.6 Å². The zero-order valence-electron chi connectivity index (χ0n) is 16.5. The zero-order valence-corrected chi connectivity index (χ0v) is 16.5. The average Bonchev–Trinajstić information content (AvgIpc) is 2.72. The number of nitrogens with zero attached hydrogens (tertiary/aromatic N) is 1. The van der Waals surface area contributed by atoms with Gasteiger partial charge in [-0.15, -0.1) is 0 Å². The largest absolute Gasteiger partial charge is 0.508 e. The normalized spacial score (nSPS) is 18.4. The highest BCUT2D eigenvalue weighted by Crippen LogP contribution is 2.44. The van der Waals surface area contributed by atoms with Crippen molar-refractivity contribution in [1.29, 1.82) is 0 Å². The molecular formula is C25H22FNO3. The van der Waals surface area contributed by atoms with E-state index in [1.807, 2.05) is 36.4 Å². The lowest BCUT2D eigenvalue weighted by Crippen LogP contribution is -2.49. The van der Waals surface area contributed by atoms with Crippen LogP contribution in [0.4, 0.5) is 10.1 Å². The summed E-state index contributed by atoms with van der Waals surface area (Å²) in [5.74, 6) is -1.06. The highest BCUT2D eigenvalue weighted by atomic mass is 19.1. The molecule has 0 fully saturated rings. The van der Waals surface area contributed by atoms with Gasteiger partial charge < -0.3 is 15.1 Å². The van der Waals surface area contributed by atoms with Crippen LogP contribution in [0.25, 0.3) is 6.08 Å². The predicted molar refractivity (Wildman–Crippen MR) is 115 cm³/mol. The Labute approximate surface area is 174 Å². The molecule has 3 aromatic carbocycles. The van der Waals surface area contributed by atoms with E-state index in [9.17, 15) is 14.3 Å². The number of anilines is 1. The fourth-order valence-corrected chi connectivity index (χ4v) is 4.29. The van der Waals surface area contributed by atoms with Crippen LogP contribution in [0.5, 0.6) is 5.75 Å². The van der Waals surface area contributed by atoms with Crippen molar-refractivity contribution in [3.8, 4) is 5.75 Å². The first-order valence-electron chi connectivity index (χ1n) is 9.75. The van der Waals surface area contributed by atoms with Crippen molar-refractivity contribution >= 4 is 17.7 Å². The van der Waals surface area contributed by atoms with Gasteiger partial charge in [-0.05, 0) is 72.0 Å². The standard InChI is InChI=1S/C25H22FNO3/c1-25(19-8-5-17(6-9-19)7-12-24(29)30)23-11-10-22(28)15-18(23)13-14-27(25)21-4-2-3-20(26)16-21/h2-12,15-16,28H,13-14H2,1H3,(H,29,30)/b12-7+. The topological polar surface area (TPSA) is 60.8 Å². The van der Waals surface area contributed by atoms with Crippen molar-refractivity contribution in [1.82, 2.24) is 0 Å². The second-order valence-electron chi connectivity index (χ2n) is 7.59. The number of phenols is 1. The first-order chi connectivity index (χ1) is 14.4. The molecule has 2 N–H and O–H groups in total. The molecule has 0 aliphatic carbocycles. The molecule has 1 heterocycles. The Hall–Kier alpha value is -3.60. The molecular weight excluding hydrogens is 381 g/mol. The van der Waals surface area contributed by atoms with E-state index in [4.69, 9.17) is 5.11 Å². The molecule has 1 aliphatic heterocycles. The predicted octanol–water partition coefficient (Wildman–Crippen LogP) is 4.96. The van der Waals surface area contributed by atoms with Gasteiger partial charge in [-0.2, -0.15) is 0 Å².